The molecule has 1 heterocycles. The molecule has 2 aromatic carbocycles. The molecule has 4 nitrogen and oxygen atoms in total. The van der Waals surface area contributed by atoms with E-state index in [0.717, 1.165) is 12.1 Å². The summed E-state index contributed by atoms with van der Waals surface area (Å²) in [7, 11) is 0. The van der Waals surface area contributed by atoms with Crippen molar-refractivity contribution in [1.29, 1.82) is 0 Å². The van der Waals surface area contributed by atoms with Crippen LogP contribution in [0, 0.1) is 17.5 Å². The van der Waals surface area contributed by atoms with E-state index >= 15 is 0 Å². The molecule has 8 heteroatoms. The number of piperazine rings is 1. The minimum absolute atomic E-state index is 0.146. The van der Waals surface area contributed by atoms with Gasteiger partial charge in [0, 0.05) is 55.1 Å². The molecule has 1 fully saturated rings. The summed E-state index contributed by atoms with van der Waals surface area (Å²) in [4.78, 5) is 16.1. The van der Waals surface area contributed by atoms with Crippen LogP contribution in [0.4, 0.5) is 18.9 Å². The number of benzene rings is 2. The van der Waals surface area contributed by atoms with Crippen molar-refractivity contribution in [3.8, 4) is 0 Å². The van der Waals surface area contributed by atoms with Crippen molar-refractivity contribution in [1.82, 2.24) is 9.80 Å². The van der Waals surface area contributed by atoms with Gasteiger partial charge in [0.25, 0.3) is 0 Å². The molecule has 0 spiro atoms. The van der Waals surface area contributed by atoms with Crippen LogP contribution in [-0.4, -0.2) is 48.4 Å². The standard InChI is InChI=1S/C19H19ClF3N3O/c20-15-2-1-3-16(21)14(15)11-25-6-8-26(9-7-25)12-19(27)24-13-4-5-17(22)18(23)10-13/h1-5,10H,6-9,11-12H2,(H,24,27). The number of rotatable bonds is 5. The number of carbonyl (C=O) groups excluding carboxylic acids is 1. The van der Waals surface area contributed by atoms with Crippen molar-refractivity contribution < 1.29 is 18.0 Å². The summed E-state index contributed by atoms with van der Waals surface area (Å²) in [5.41, 5.74) is 0.690. The van der Waals surface area contributed by atoms with Gasteiger partial charge in [-0.25, -0.2) is 13.2 Å². The zero-order valence-corrected chi connectivity index (χ0v) is 15.3. The van der Waals surface area contributed by atoms with Gasteiger partial charge in [0.15, 0.2) is 11.6 Å². The Morgan fingerprint density at radius 1 is 0.963 bits per heavy atom. The molecule has 0 aromatic heterocycles. The summed E-state index contributed by atoms with van der Waals surface area (Å²) in [6, 6.07) is 7.86. The monoisotopic (exact) mass is 397 g/mol. The van der Waals surface area contributed by atoms with Crippen LogP contribution in [0.3, 0.4) is 0 Å². The lowest BCUT2D eigenvalue weighted by Crippen LogP contribution is -2.48. The molecule has 144 valence electrons. The summed E-state index contributed by atoms with van der Waals surface area (Å²) in [6.45, 7) is 3.18. The molecule has 1 aliphatic heterocycles. The van der Waals surface area contributed by atoms with Gasteiger partial charge in [0.1, 0.15) is 5.82 Å². The molecule has 0 saturated carbocycles. The van der Waals surface area contributed by atoms with Crippen molar-refractivity contribution >= 4 is 23.2 Å². The molecule has 1 amide bonds. The summed E-state index contributed by atoms with van der Waals surface area (Å²) >= 11 is 6.06. The van der Waals surface area contributed by atoms with Gasteiger partial charge < -0.3 is 5.32 Å². The fraction of sp³-hybridized carbons (Fsp3) is 0.316. The Balaban J connectivity index is 1.47. The Bertz CT molecular complexity index is 806. The summed E-state index contributed by atoms with van der Waals surface area (Å²) in [6.07, 6.45) is 0. The summed E-state index contributed by atoms with van der Waals surface area (Å²) in [5.74, 6) is -2.59. The highest BCUT2D eigenvalue weighted by atomic mass is 35.5. The molecule has 0 atom stereocenters. The van der Waals surface area contributed by atoms with E-state index in [9.17, 15) is 18.0 Å². The zero-order chi connectivity index (χ0) is 19.4. The molecular weight excluding hydrogens is 379 g/mol. The second kappa shape index (κ2) is 8.73. The SMILES string of the molecule is O=C(CN1CCN(Cc2c(F)cccc2Cl)CC1)Nc1ccc(F)c(F)c1. The number of carbonyl (C=O) groups is 1. The van der Waals surface area contributed by atoms with Crippen LogP contribution in [-0.2, 0) is 11.3 Å². The van der Waals surface area contributed by atoms with Gasteiger partial charge in [-0.3, -0.25) is 14.6 Å². The smallest absolute Gasteiger partial charge is 0.238 e. The highest BCUT2D eigenvalue weighted by Gasteiger charge is 2.21. The van der Waals surface area contributed by atoms with Gasteiger partial charge in [-0.1, -0.05) is 17.7 Å². The first-order chi connectivity index (χ1) is 12.9. The second-order valence-corrected chi connectivity index (χ2v) is 6.84. The van der Waals surface area contributed by atoms with Crippen LogP contribution in [0.25, 0.3) is 0 Å². The number of nitrogens with zero attached hydrogens (tertiary/aromatic N) is 2. The second-order valence-electron chi connectivity index (χ2n) is 6.43. The molecule has 0 bridgehead atoms. The fourth-order valence-corrected chi connectivity index (χ4v) is 3.21. The van der Waals surface area contributed by atoms with E-state index in [4.69, 9.17) is 11.6 Å². The van der Waals surface area contributed by atoms with E-state index in [1.165, 1.54) is 12.1 Å². The van der Waals surface area contributed by atoms with Crippen LogP contribution in [0.1, 0.15) is 5.56 Å². The molecule has 0 aliphatic carbocycles. The predicted octanol–water partition coefficient (Wildman–Crippen LogP) is 3.51. The Kier molecular flexibility index (Phi) is 6.36. The first kappa shape index (κ1) is 19.7. The molecular formula is C19H19ClF3N3O. The molecule has 1 aliphatic rings. The maximum absolute atomic E-state index is 13.9. The highest BCUT2D eigenvalue weighted by Crippen LogP contribution is 2.21. The van der Waals surface area contributed by atoms with E-state index < -0.39 is 11.6 Å². The molecule has 0 unspecified atom stereocenters. The minimum atomic E-state index is -1.01. The van der Waals surface area contributed by atoms with Crippen LogP contribution >= 0.6 is 11.6 Å². The van der Waals surface area contributed by atoms with E-state index in [2.05, 4.69) is 10.2 Å². The van der Waals surface area contributed by atoms with Gasteiger partial charge in [-0.2, -0.15) is 0 Å². The van der Waals surface area contributed by atoms with Crippen LogP contribution in [0.5, 0.6) is 0 Å². The average Bonchev–Trinajstić information content (AvgIpc) is 2.63. The van der Waals surface area contributed by atoms with E-state index in [-0.39, 0.29) is 24.0 Å². The predicted molar refractivity (Wildman–Crippen MR) is 98.1 cm³/mol. The Hall–Kier alpha value is -2.09. The van der Waals surface area contributed by atoms with Crippen molar-refractivity contribution in [3.05, 3.63) is 64.4 Å². The first-order valence-corrected chi connectivity index (χ1v) is 8.92. The van der Waals surface area contributed by atoms with Crippen molar-refractivity contribution in [2.75, 3.05) is 38.0 Å². The number of anilines is 1. The largest absolute Gasteiger partial charge is 0.325 e. The number of hydrogen-bond donors (Lipinski definition) is 1. The molecule has 3 rings (SSSR count). The number of nitrogens with one attached hydrogen (secondary N) is 1. The normalized spacial score (nSPS) is 15.7. The zero-order valence-electron chi connectivity index (χ0n) is 14.5. The number of hydrogen-bond acceptors (Lipinski definition) is 3. The first-order valence-electron chi connectivity index (χ1n) is 8.55. The minimum Gasteiger partial charge on any atom is -0.325 e. The topological polar surface area (TPSA) is 35.6 Å². The van der Waals surface area contributed by atoms with E-state index in [0.29, 0.717) is 43.3 Å². The third kappa shape index (κ3) is 5.22. The van der Waals surface area contributed by atoms with E-state index in [1.54, 1.807) is 12.1 Å². The third-order valence-electron chi connectivity index (χ3n) is 4.48. The van der Waals surface area contributed by atoms with Gasteiger partial charge in [-0.05, 0) is 24.3 Å². The molecule has 27 heavy (non-hydrogen) atoms. The van der Waals surface area contributed by atoms with Gasteiger partial charge in [0.05, 0.1) is 6.54 Å². The molecule has 2 aromatic rings. The average molecular weight is 398 g/mol. The van der Waals surface area contributed by atoms with Crippen LogP contribution in [0.15, 0.2) is 36.4 Å². The Morgan fingerprint density at radius 2 is 1.67 bits per heavy atom. The Labute approximate surface area is 160 Å². The van der Waals surface area contributed by atoms with Gasteiger partial charge in [-0.15, -0.1) is 0 Å². The van der Waals surface area contributed by atoms with Crippen molar-refractivity contribution in [3.63, 3.8) is 0 Å². The quantitative estimate of drug-likeness (QED) is 0.838. The van der Waals surface area contributed by atoms with E-state index in [1.807, 2.05) is 4.90 Å². The lowest BCUT2D eigenvalue weighted by atomic mass is 10.2. The summed E-state index contributed by atoms with van der Waals surface area (Å²) in [5, 5.41) is 2.96. The summed E-state index contributed by atoms with van der Waals surface area (Å²) < 4.78 is 40.0. The number of halogens is 4. The van der Waals surface area contributed by atoms with Crippen molar-refractivity contribution in [2.45, 2.75) is 6.54 Å². The maximum Gasteiger partial charge on any atom is 0.238 e. The van der Waals surface area contributed by atoms with Crippen LogP contribution in [0.2, 0.25) is 5.02 Å². The fourth-order valence-electron chi connectivity index (χ4n) is 2.99. The Morgan fingerprint density at radius 3 is 2.33 bits per heavy atom. The van der Waals surface area contributed by atoms with Crippen LogP contribution < -0.4 is 5.32 Å². The highest BCUT2D eigenvalue weighted by molar-refractivity contribution is 6.31. The maximum atomic E-state index is 13.9. The molecule has 1 N–H and O–H groups in total. The molecule has 0 radical (unpaired) electrons. The number of amides is 1. The molecule has 1 saturated heterocycles. The lowest BCUT2D eigenvalue weighted by molar-refractivity contribution is -0.117. The lowest BCUT2D eigenvalue weighted by Gasteiger charge is -2.34. The van der Waals surface area contributed by atoms with Crippen molar-refractivity contribution in [2.24, 2.45) is 0 Å². The third-order valence-corrected chi connectivity index (χ3v) is 4.83. The van der Waals surface area contributed by atoms with Gasteiger partial charge >= 0.3 is 0 Å². The van der Waals surface area contributed by atoms with Gasteiger partial charge in [0.2, 0.25) is 5.91 Å².